The molecule has 0 radical (unpaired) electrons. The molecule has 0 aliphatic carbocycles. The molecule has 1 heterocycles. The molecule has 2 rings (SSSR count). The Labute approximate surface area is 125 Å². The van der Waals surface area contributed by atoms with Crippen molar-refractivity contribution in [1.29, 1.82) is 0 Å². The van der Waals surface area contributed by atoms with E-state index >= 15 is 0 Å². The number of halogens is 1. The molecule has 0 saturated carbocycles. The topological polar surface area (TPSA) is 41.6 Å². The van der Waals surface area contributed by atoms with Gasteiger partial charge in [-0.3, -0.25) is 4.79 Å². The lowest BCUT2D eigenvalue weighted by atomic mass is 10.1. The van der Waals surface area contributed by atoms with E-state index in [1.54, 1.807) is 19.2 Å². The number of amides is 1. The molecular formula is C15H21ClN2O2. The molecule has 1 aliphatic heterocycles. The quantitative estimate of drug-likeness (QED) is 0.932. The molecule has 5 heteroatoms. The molecule has 1 fully saturated rings. The van der Waals surface area contributed by atoms with Crippen molar-refractivity contribution in [3.05, 3.63) is 28.8 Å². The van der Waals surface area contributed by atoms with Crippen LogP contribution in [0.1, 0.15) is 30.6 Å². The minimum atomic E-state index is 0.0128. The third kappa shape index (κ3) is 3.07. The first-order valence-corrected chi connectivity index (χ1v) is 7.34. The number of ether oxygens (including phenoxy) is 1. The SMILES string of the molecule is CCC1COC(C)CN1C(=O)c1cc(Cl)ccc1NC. The van der Waals surface area contributed by atoms with Crippen molar-refractivity contribution >= 4 is 23.2 Å². The fourth-order valence-corrected chi connectivity index (χ4v) is 2.67. The number of morpholine rings is 1. The monoisotopic (exact) mass is 296 g/mol. The standard InChI is InChI=1S/C15H21ClN2O2/c1-4-12-9-20-10(2)8-18(12)15(19)13-7-11(16)5-6-14(13)17-3/h5-7,10,12,17H,4,8-9H2,1-3H3. The highest BCUT2D eigenvalue weighted by molar-refractivity contribution is 6.31. The number of carbonyl (C=O) groups is 1. The van der Waals surface area contributed by atoms with Crippen LogP contribution in [0.4, 0.5) is 5.69 Å². The lowest BCUT2D eigenvalue weighted by Gasteiger charge is -2.38. The van der Waals surface area contributed by atoms with Gasteiger partial charge >= 0.3 is 0 Å². The van der Waals surface area contributed by atoms with Crippen LogP contribution in [0.2, 0.25) is 5.02 Å². The molecule has 1 aromatic rings. The van der Waals surface area contributed by atoms with E-state index in [4.69, 9.17) is 16.3 Å². The molecule has 2 unspecified atom stereocenters. The number of benzene rings is 1. The second-order valence-corrected chi connectivity index (χ2v) is 5.54. The van der Waals surface area contributed by atoms with Gasteiger partial charge in [0.05, 0.1) is 24.3 Å². The van der Waals surface area contributed by atoms with E-state index in [1.807, 2.05) is 17.9 Å². The number of carbonyl (C=O) groups excluding carboxylic acids is 1. The number of nitrogens with zero attached hydrogens (tertiary/aromatic N) is 1. The highest BCUT2D eigenvalue weighted by Gasteiger charge is 2.31. The van der Waals surface area contributed by atoms with Gasteiger partial charge < -0.3 is 15.0 Å². The summed E-state index contributed by atoms with van der Waals surface area (Å²) in [5.74, 6) is 0.0128. The van der Waals surface area contributed by atoms with Gasteiger partial charge in [0.25, 0.3) is 5.91 Å². The summed E-state index contributed by atoms with van der Waals surface area (Å²) in [5, 5.41) is 3.62. The predicted molar refractivity (Wildman–Crippen MR) is 81.5 cm³/mol. The summed E-state index contributed by atoms with van der Waals surface area (Å²) in [6, 6.07) is 5.47. The second kappa shape index (κ2) is 6.46. The van der Waals surface area contributed by atoms with Crippen LogP contribution in [0.15, 0.2) is 18.2 Å². The van der Waals surface area contributed by atoms with Crippen LogP contribution >= 0.6 is 11.6 Å². The van der Waals surface area contributed by atoms with Gasteiger partial charge in [0, 0.05) is 24.3 Å². The van der Waals surface area contributed by atoms with Crippen LogP contribution in [-0.4, -0.2) is 43.2 Å². The number of rotatable bonds is 3. The molecule has 0 bridgehead atoms. The van der Waals surface area contributed by atoms with Crippen molar-refractivity contribution in [1.82, 2.24) is 4.90 Å². The van der Waals surface area contributed by atoms with Crippen molar-refractivity contribution < 1.29 is 9.53 Å². The van der Waals surface area contributed by atoms with Gasteiger partial charge in [0.15, 0.2) is 0 Å². The Morgan fingerprint density at radius 2 is 2.30 bits per heavy atom. The molecule has 2 atom stereocenters. The second-order valence-electron chi connectivity index (χ2n) is 5.10. The van der Waals surface area contributed by atoms with E-state index in [0.717, 1.165) is 12.1 Å². The average molecular weight is 297 g/mol. The van der Waals surface area contributed by atoms with E-state index in [1.165, 1.54) is 0 Å². The predicted octanol–water partition coefficient (Wildman–Crippen LogP) is 3.02. The van der Waals surface area contributed by atoms with Gasteiger partial charge in [-0.05, 0) is 31.5 Å². The van der Waals surface area contributed by atoms with Crippen LogP contribution in [0.5, 0.6) is 0 Å². The first-order valence-electron chi connectivity index (χ1n) is 6.96. The van der Waals surface area contributed by atoms with E-state index in [9.17, 15) is 4.79 Å². The number of hydrogen-bond donors (Lipinski definition) is 1. The Bertz CT molecular complexity index is 493. The van der Waals surface area contributed by atoms with Crippen molar-refractivity contribution in [2.75, 3.05) is 25.5 Å². The number of nitrogens with one attached hydrogen (secondary N) is 1. The lowest BCUT2D eigenvalue weighted by Crippen LogP contribution is -2.51. The minimum Gasteiger partial charge on any atom is -0.387 e. The van der Waals surface area contributed by atoms with Crippen LogP contribution in [0.25, 0.3) is 0 Å². The van der Waals surface area contributed by atoms with Gasteiger partial charge in [0.1, 0.15) is 0 Å². The third-order valence-corrected chi connectivity index (χ3v) is 3.92. The Morgan fingerprint density at radius 1 is 1.55 bits per heavy atom. The summed E-state index contributed by atoms with van der Waals surface area (Å²) in [4.78, 5) is 14.7. The van der Waals surface area contributed by atoms with Gasteiger partial charge in [-0.1, -0.05) is 18.5 Å². The molecule has 1 aliphatic rings. The maximum Gasteiger partial charge on any atom is 0.256 e. The molecular weight excluding hydrogens is 276 g/mol. The zero-order valence-corrected chi connectivity index (χ0v) is 12.9. The van der Waals surface area contributed by atoms with Gasteiger partial charge in [0.2, 0.25) is 0 Å². The van der Waals surface area contributed by atoms with E-state index in [0.29, 0.717) is 23.7 Å². The van der Waals surface area contributed by atoms with Crippen molar-refractivity contribution in [2.24, 2.45) is 0 Å². The zero-order valence-electron chi connectivity index (χ0n) is 12.1. The molecule has 1 amide bonds. The van der Waals surface area contributed by atoms with Crippen LogP contribution in [-0.2, 0) is 4.74 Å². The van der Waals surface area contributed by atoms with E-state index in [-0.39, 0.29) is 18.1 Å². The summed E-state index contributed by atoms with van der Waals surface area (Å²) in [6.45, 7) is 5.27. The third-order valence-electron chi connectivity index (χ3n) is 3.68. The number of anilines is 1. The number of hydrogen-bond acceptors (Lipinski definition) is 3. The average Bonchev–Trinajstić information content (AvgIpc) is 2.46. The molecule has 4 nitrogen and oxygen atoms in total. The Kier molecular flexibility index (Phi) is 4.89. The highest BCUT2D eigenvalue weighted by atomic mass is 35.5. The van der Waals surface area contributed by atoms with Gasteiger partial charge in [-0.25, -0.2) is 0 Å². The zero-order chi connectivity index (χ0) is 14.7. The minimum absolute atomic E-state index is 0.0128. The van der Waals surface area contributed by atoms with Crippen LogP contribution in [0, 0.1) is 0 Å². The highest BCUT2D eigenvalue weighted by Crippen LogP contribution is 2.25. The molecule has 0 aromatic heterocycles. The Morgan fingerprint density at radius 3 is 2.95 bits per heavy atom. The largest absolute Gasteiger partial charge is 0.387 e. The van der Waals surface area contributed by atoms with Gasteiger partial charge in [-0.2, -0.15) is 0 Å². The Balaban J connectivity index is 2.31. The summed E-state index contributed by atoms with van der Waals surface area (Å²) < 4.78 is 5.64. The first-order chi connectivity index (χ1) is 9.56. The summed E-state index contributed by atoms with van der Waals surface area (Å²) >= 11 is 6.03. The molecule has 0 spiro atoms. The molecule has 110 valence electrons. The molecule has 1 N–H and O–H groups in total. The fraction of sp³-hybridized carbons (Fsp3) is 0.533. The Hall–Kier alpha value is -1.26. The van der Waals surface area contributed by atoms with Crippen LogP contribution < -0.4 is 5.32 Å². The molecule has 1 aromatic carbocycles. The summed E-state index contributed by atoms with van der Waals surface area (Å²) in [5.41, 5.74) is 1.42. The lowest BCUT2D eigenvalue weighted by molar-refractivity contribution is -0.0443. The van der Waals surface area contributed by atoms with Gasteiger partial charge in [-0.15, -0.1) is 0 Å². The maximum atomic E-state index is 12.8. The maximum absolute atomic E-state index is 12.8. The summed E-state index contributed by atoms with van der Waals surface area (Å²) in [7, 11) is 1.80. The van der Waals surface area contributed by atoms with Crippen LogP contribution in [0.3, 0.4) is 0 Å². The normalized spacial score (nSPS) is 22.7. The van der Waals surface area contributed by atoms with Crippen molar-refractivity contribution in [3.63, 3.8) is 0 Å². The fourth-order valence-electron chi connectivity index (χ4n) is 2.50. The van der Waals surface area contributed by atoms with Crippen molar-refractivity contribution in [3.8, 4) is 0 Å². The van der Waals surface area contributed by atoms with Crippen molar-refractivity contribution in [2.45, 2.75) is 32.4 Å². The smallest absolute Gasteiger partial charge is 0.256 e. The first kappa shape index (κ1) is 15.1. The molecule has 20 heavy (non-hydrogen) atoms. The molecule has 1 saturated heterocycles. The van der Waals surface area contributed by atoms with E-state index in [2.05, 4.69) is 12.2 Å². The van der Waals surface area contributed by atoms with E-state index < -0.39 is 0 Å². The summed E-state index contributed by atoms with van der Waals surface area (Å²) in [6.07, 6.45) is 0.951.